The average molecular weight is 339 g/mol. The fraction of sp³-hybridized carbons (Fsp3) is 0.538. The molecule has 2 aliphatic heterocycles. The predicted octanol–water partition coefficient (Wildman–Crippen LogP) is 1.90. The summed E-state index contributed by atoms with van der Waals surface area (Å²) in [6.07, 6.45) is 2.15. The Morgan fingerprint density at radius 1 is 1.10 bits per heavy atom. The molecule has 2 saturated heterocycles. The molecular weight excluding hydrogens is 322 g/mol. The smallest absolute Gasteiger partial charge is 0.249 e. The number of nitrogens with zero attached hydrogens (tertiary/aromatic N) is 1. The molecule has 118 valence electrons. The summed E-state index contributed by atoms with van der Waals surface area (Å²) < 4.78 is 54.3. The van der Waals surface area contributed by atoms with Crippen molar-refractivity contribution in [3.63, 3.8) is 0 Å². The van der Waals surface area contributed by atoms with Gasteiger partial charge in [0.05, 0.1) is 0 Å². The molecule has 0 aromatic heterocycles. The highest BCUT2D eigenvalue weighted by molar-refractivity contribution is 7.89. The molecule has 1 aromatic carbocycles. The van der Waals surface area contributed by atoms with E-state index < -0.39 is 26.6 Å². The van der Waals surface area contributed by atoms with Gasteiger partial charge in [0.1, 0.15) is 11.6 Å². The van der Waals surface area contributed by atoms with Gasteiger partial charge in [0.15, 0.2) is 4.90 Å². The summed E-state index contributed by atoms with van der Waals surface area (Å²) in [5, 5.41) is 3.17. The summed E-state index contributed by atoms with van der Waals surface area (Å²) in [5.41, 5.74) is 0. The first-order chi connectivity index (χ1) is 9.51. The van der Waals surface area contributed by atoms with Crippen molar-refractivity contribution in [3.05, 3.63) is 29.8 Å². The zero-order valence-corrected chi connectivity index (χ0v) is 12.9. The lowest BCUT2D eigenvalue weighted by Crippen LogP contribution is -2.43. The summed E-state index contributed by atoms with van der Waals surface area (Å²) >= 11 is 0. The van der Waals surface area contributed by atoms with Gasteiger partial charge in [-0.1, -0.05) is 6.07 Å². The third-order valence-corrected chi connectivity index (χ3v) is 6.10. The molecule has 0 aliphatic carbocycles. The topological polar surface area (TPSA) is 49.4 Å². The van der Waals surface area contributed by atoms with Gasteiger partial charge in [0.25, 0.3) is 0 Å². The van der Waals surface area contributed by atoms with Gasteiger partial charge in [-0.25, -0.2) is 17.2 Å². The van der Waals surface area contributed by atoms with Crippen LogP contribution in [0.4, 0.5) is 8.78 Å². The lowest BCUT2D eigenvalue weighted by Gasteiger charge is -2.27. The van der Waals surface area contributed by atoms with Crippen LogP contribution in [0.3, 0.4) is 0 Å². The van der Waals surface area contributed by atoms with E-state index in [1.165, 1.54) is 10.4 Å². The monoisotopic (exact) mass is 338 g/mol. The molecule has 4 nitrogen and oxygen atoms in total. The molecule has 0 saturated carbocycles. The first-order valence-corrected chi connectivity index (χ1v) is 8.14. The Labute approximate surface area is 129 Å². The maximum atomic E-state index is 13.8. The summed E-state index contributed by atoms with van der Waals surface area (Å²) in [5.74, 6) is -2.05. The first kappa shape index (κ1) is 16.6. The van der Waals surface area contributed by atoms with Gasteiger partial charge in [-0.05, 0) is 37.9 Å². The minimum atomic E-state index is -4.14. The normalized spacial score (nSPS) is 26.2. The molecule has 0 spiro atoms. The van der Waals surface area contributed by atoms with Gasteiger partial charge in [-0.2, -0.15) is 4.31 Å². The number of hydrogen-bond acceptors (Lipinski definition) is 3. The number of fused-ring (bicyclic) bond motifs is 2. The van der Waals surface area contributed by atoms with E-state index in [0.717, 1.165) is 31.5 Å². The first-order valence-electron chi connectivity index (χ1n) is 6.70. The summed E-state index contributed by atoms with van der Waals surface area (Å²) in [6.45, 7) is 1.26. The van der Waals surface area contributed by atoms with Crippen molar-refractivity contribution in [2.45, 2.75) is 36.2 Å². The van der Waals surface area contributed by atoms with Crippen LogP contribution >= 0.6 is 12.4 Å². The van der Waals surface area contributed by atoms with Crippen molar-refractivity contribution >= 4 is 22.4 Å². The van der Waals surface area contributed by atoms with Gasteiger partial charge in [0, 0.05) is 18.6 Å². The maximum absolute atomic E-state index is 13.8. The zero-order valence-electron chi connectivity index (χ0n) is 11.3. The fourth-order valence-electron chi connectivity index (χ4n) is 3.17. The minimum absolute atomic E-state index is 0. The number of sulfonamides is 1. The Morgan fingerprint density at radius 3 is 2.38 bits per heavy atom. The van der Waals surface area contributed by atoms with Crippen molar-refractivity contribution < 1.29 is 17.2 Å². The Hall–Kier alpha value is -0.760. The number of nitrogens with one attached hydrogen (secondary N) is 1. The van der Waals surface area contributed by atoms with Crippen LogP contribution in [0.25, 0.3) is 0 Å². The Bertz CT molecular complexity index is 592. The number of halogens is 3. The van der Waals surface area contributed by atoms with Crippen LogP contribution in [-0.4, -0.2) is 37.9 Å². The molecule has 21 heavy (non-hydrogen) atoms. The van der Waals surface area contributed by atoms with Gasteiger partial charge >= 0.3 is 0 Å². The number of hydrogen-bond donors (Lipinski definition) is 1. The van der Waals surface area contributed by atoms with Crippen LogP contribution in [0.2, 0.25) is 0 Å². The van der Waals surface area contributed by atoms with Crippen molar-refractivity contribution in [1.29, 1.82) is 0 Å². The highest BCUT2D eigenvalue weighted by atomic mass is 35.5. The molecule has 2 bridgehead atoms. The van der Waals surface area contributed by atoms with E-state index in [0.29, 0.717) is 13.0 Å². The van der Waals surface area contributed by atoms with Crippen LogP contribution in [0, 0.1) is 11.6 Å². The summed E-state index contributed by atoms with van der Waals surface area (Å²) in [4.78, 5) is -0.821. The molecule has 0 radical (unpaired) electrons. The van der Waals surface area contributed by atoms with Gasteiger partial charge in [-0.3, -0.25) is 0 Å². The quantitative estimate of drug-likeness (QED) is 0.896. The van der Waals surface area contributed by atoms with Gasteiger partial charge in [0.2, 0.25) is 10.0 Å². The Balaban J connectivity index is 0.00000161. The predicted molar refractivity (Wildman–Crippen MR) is 76.9 cm³/mol. The Kier molecular flexibility index (Phi) is 4.87. The molecule has 2 aliphatic rings. The van der Waals surface area contributed by atoms with E-state index >= 15 is 0 Å². The van der Waals surface area contributed by atoms with Crippen LogP contribution in [0.5, 0.6) is 0 Å². The average Bonchev–Trinajstić information content (AvgIpc) is 2.63. The van der Waals surface area contributed by atoms with Crippen molar-refractivity contribution in [2.24, 2.45) is 0 Å². The van der Waals surface area contributed by atoms with E-state index in [9.17, 15) is 17.2 Å². The largest absolute Gasteiger partial charge is 0.315 e. The fourth-order valence-corrected chi connectivity index (χ4v) is 5.18. The zero-order chi connectivity index (χ0) is 14.3. The number of benzene rings is 1. The minimum Gasteiger partial charge on any atom is -0.315 e. The second kappa shape index (κ2) is 6.16. The van der Waals surface area contributed by atoms with Crippen LogP contribution in [0.15, 0.2) is 23.1 Å². The van der Waals surface area contributed by atoms with E-state index in [4.69, 9.17) is 0 Å². The molecule has 2 fully saturated rings. The molecule has 3 rings (SSSR count). The number of rotatable bonds is 2. The molecule has 2 unspecified atom stereocenters. The van der Waals surface area contributed by atoms with Crippen LogP contribution < -0.4 is 5.32 Å². The standard InChI is InChI=1S/C13H16F2N2O2S.ClH/c14-11-2-1-3-12(15)13(11)20(18,19)17-9-4-5-10(17)8-16-7-6-9;/h1-3,9-10,16H,4-8H2;1H. The van der Waals surface area contributed by atoms with E-state index in [1.54, 1.807) is 0 Å². The Morgan fingerprint density at radius 2 is 1.71 bits per heavy atom. The second-order valence-corrected chi connectivity index (χ2v) is 7.04. The van der Waals surface area contributed by atoms with Crippen molar-refractivity contribution in [1.82, 2.24) is 9.62 Å². The van der Waals surface area contributed by atoms with Crippen molar-refractivity contribution in [2.75, 3.05) is 13.1 Å². The summed E-state index contributed by atoms with van der Waals surface area (Å²) in [7, 11) is -4.14. The van der Waals surface area contributed by atoms with Crippen molar-refractivity contribution in [3.8, 4) is 0 Å². The van der Waals surface area contributed by atoms with E-state index in [2.05, 4.69) is 5.32 Å². The molecule has 8 heteroatoms. The van der Waals surface area contributed by atoms with Crippen LogP contribution in [-0.2, 0) is 10.0 Å². The summed E-state index contributed by atoms with van der Waals surface area (Å²) in [6, 6.07) is 2.75. The van der Waals surface area contributed by atoms with Gasteiger partial charge < -0.3 is 5.32 Å². The van der Waals surface area contributed by atoms with Gasteiger partial charge in [-0.15, -0.1) is 12.4 Å². The highest BCUT2D eigenvalue weighted by Crippen LogP contribution is 2.35. The molecule has 1 N–H and O–H groups in total. The maximum Gasteiger partial charge on any atom is 0.249 e. The lowest BCUT2D eigenvalue weighted by atomic mass is 10.1. The third kappa shape index (κ3) is 2.79. The third-order valence-electron chi connectivity index (χ3n) is 4.04. The molecule has 0 amide bonds. The molecule has 2 atom stereocenters. The molecular formula is C13H17ClF2N2O2S. The van der Waals surface area contributed by atoms with E-state index in [-0.39, 0.29) is 24.5 Å². The van der Waals surface area contributed by atoms with E-state index in [1.807, 2.05) is 0 Å². The molecule has 2 heterocycles. The lowest BCUT2D eigenvalue weighted by molar-refractivity contribution is 0.330. The SMILES string of the molecule is Cl.O=S(=O)(c1c(F)cccc1F)N1C2CCNCC1CC2. The highest BCUT2D eigenvalue weighted by Gasteiger charge is 2.44. The van der Waals surface area contributed by atoms with Crippen LogP contribution in [0.1, 0.15) is 19.3 Å². The molecule has 1 aromatic rings. The second-order valence-electron chi connectivity index (χ2n) is 5.26.